The maximum Gasteiger partial charge on any atom is 0.150 e. The minimum absolute atomic E-state index is 0.0253. The number of hydrogen-bond acceptors (Lipinski definition) is 6. The molecule has 0 aliphatic carbocycles. The van der Waals surface area contributed by atoms with Gasteiger partial charge in [-0.15, -0.1) is 4.33 Å². The molecule has 0 fully saturated rings. The van der Waals surface area contributed by atoms with Gasteiger partial charge in [0.25, 0.3) is 0 Å². The SMILES string of the molecule is CCS(=O)(=O)CCSOOO. The van der Waals surface area contributed by atoms with Crippen molar-refractivity contribution >= 4 is 21.9 Å². The lowest BCUT2D eigenvalue weighted by Gasteiger charge is -1.97. The van der Waals surface area contributed by atoms with Crippen molar-refractivity contribution in [2.75, 3.05) is 17.3 Å². The second kappa shape index (κ2) is 5.78. The van der Waals surface area contributed by atoms with Crippen molar-refractivity contribution in [1.29, 1.82) is 0 Å². The molecule has 0 saturated carbocycles. The molecule has 0 atom stereocenters. The summed E-state index contributed by atoms with van der Waals surface area (Å²) in [4.78, 5) is 0. The fourth-order valence-corrected chi connectivity index (χ4v) is 2.05. The summed E-state index contributed by atoms with van der Waals surface area (Å²) >= 11 is 0.744. The lowest BCUT2D eigenvalue weighted by molar-refractivity contribution is -0.432. The van der Waals surface area contributed by atoms with Crippen LogP contribution in [0.2, 0.25) is 0 Å². The van der Waals surface area contributed by atoms with E-state index in [1.54, 1.807) is 6.92 Å². The Morgan fingerprint density at radius 3 is 2.64 bits per heavy atom. The van der Waals surface area contributed by atoms with Gasteiger partial charge in [-0.3, -0.25) is 0 Å². The van der Waals surface area contributed by atoms with Gasteiger partial charge in [0.2, 0.25) is 0 Å². The molecule has 5 nitrogen and oxygen atoms in total. The van der Waals surface area contributed by atoms with Crippen LogP contribution in [0.1, 0.15) is 6.92 Å². The van der Waals surface area contributed by atoms with Crippen molar-refractivity contribution in [2.45, 2.75) is 6.92 Å². The molecule has 0 heterocycles. The average Bonchev–Trinajstić information content (AvgIpc) is 1.99. The average molecular weight is 202 g/mol. The molecule has 0 aromatic rings. The van der Waals surface area contributed by atoms with Gasteiger partial charge in [0.05, 0.1) is 5.75 Å². The molecule has 1 N–H and O–H groups in total. The molecule has 0 aromatic carbocycles. The molecule has 7 heteroatoms. The van der Waals surface area contributed by atoms with Crippen LogP contribution in [-0.2, 0) is 19.2 Å². The molecule has 0 spiro atoms. The van der Waals surface area contributed by atoms with Gasteiger partial charge in [-0.1, -0.05) is 12.0 Å². The van der Waals surface area contributed by atoms with Crippen LogP contribution < -0.4 is 0 Å². The normalized spacial score (nSPS) is 11.8. The molecule has 0 bridgehead atoms. The standard InChI is InChI=1S/C4H10O5S2/c1-2-11(6,7)4-3-10-9-8-5/h5H,2-4H2,1H3. The first-order valence-electron chi connectivity index (χ1n) is 2.92. The number of sulfone groups is 1. The van der Waals surface area contributed by atoms with Crippen LogP contribution in [0.15, 0.2) is 0 Å². The second-order valence-corrected chi connectivity index (χ2v) is 4.95. The second-order valence-electron chi connectivity index (χ2n) is 1.70. The summed E-state index contributed by atoms with van der Waals surface area (Å²) in [5.41, 5.74) is 0. The highest BCUT2D eigenvalue weighted by Gasteiger charge is 2.06. The Morgan fingerprint density at radius 2 is 2.18 bits per heavy atom. The first kappa shape index (κ1) is 11.2. The Hall–Kier alpha value is 0.180. The van der Waals surface area contributed by atoms with E-state index in [1.807, 2.05) is 0 Å². The monoisotopic (exact) mass is 202 g/mol. The molecule has 68 valence electrons. The number of hydrogen-bond donors (Lipinski definition) is 1. The molecule has 0 amide bonds. The largest absolute Gasteiger partial charge is 0.229 e. The van der Waals surface area contributed by atoms with Crippen LogP contribution in [0, 0.1) is 0 Å². The maximum atomic E-state index is 10.8. The van der Waals surface area contributed by atoms with Gasteiger partial charge in [-0.25, -0.2) is 13.7 Å². The zero-order valence-corrected chi connectivity index (χ0v) is 7.65. The van der Waals surface area contributed by atoms with Crippen molar-refractivity contribution in [3.63, 3.8) is 0 Å². The lowest BCUT2D eigenvalue weighted by Crippen LogP contribution is -2.10. The molecule has 0 aromatic heterocycles. The molecule has 0 rings (SSSR count). The van der Waals surface area contributed by atoms with Gasteiger partial charge in [-0.05, 0) is 0 Å². The van der Waals surface area contributed by atoms with Crippen LogP contribution in [-0.4, -0.2) is 30.9 Å². The summed E-state index contributed by atoms with van der Waals surface area (Å²) < 4.78 is 25.6. The van der Waals surface area contributed by atoms with E-state index in [4.69, 9.17) is 5.26 Å². The zero-order valence-electron chi connectivity index (χ0n) is 6.02. The summed E-state index contributed by atoms with van der Waals surface area (Å²) in [7, 11) is -2.94. The van der Waals surface area contributed by atoms with Crippen LogP contribution >= 0.6 is 12.0 Å². The smallest absolute Gasteiger partial charge is 0.150 e. The first-order chi connectivity index (χ1) is 5.12. The van der Waals surface area contributed by atoms with Gasteiger partial charge in [-0.2, -0.15) is 0 Å². The Labute approximate surface area is 69.7 Å². The Bertz CT molecular complexity index is 175. The van der Waals surface area contributed by atoms with Crippen molar-refractivity contribution in [2.24, 2.45) is 0 Å². The molecule has 11 heavy (non-hydrogen) atoms. The summed E-state index contributed by atoms with van der Waals surface area (Å²) in [6, 6.07) is 0. The van der Waals surface area contributed by atoms with E-state index in [9.17, 15) is 8.42 Å². The topological polar surface area (TPSA) is 72.8 Å². The van der Waals surface area contributed by atoms with Crippen molar-refractivity contribution in [3.05, 3.63) is 0 Å². The quantitative estimate of drug-likeness (QED) is 0.292. The third-order valence-electron chi connectivity index (χ3n) is 0.996. The van der Waals surface area contributed by atoms with E-state index in [2.05, 4.69) is 9.37 Å². The Balaban J connectivity index is 3.39. The lowest BCUT2D eigenvalue weighted by atomic mass is 10.9. The predicted molar refractivity (Wildman–Crippen MR) is 41.6 cm³/mol. The van der Waals surface area contributed by atoms with E-state index < -0.39 is 9.84 Å². The van der Waals surface area contributed by atoms with Crippen molar-refractivity contribution in [1.82, 2.24) is 0 Å². The van der Waals surface area contributed by atoms with Gasteiger partial charge in [0.15, 0.2) is 9.84 Å². The van der Waals surface area contributed by atoms with E-state index >= 15 is 0 Å². The number of rotatable bonds is 6. The van der Waals surface area contributed by atoms with Crippen molar-refractivity contribution in [3.8, 4) is 0 Å². The Morgan fingerprint density at radius 1 is 1.55 bits per heavy atom. The molecule has 0 unspecified atom stereocenters. The van der Waals surface area contributed by atoms with Gasteiger partial charge < -0.3 is 0 Å². The van der Waals surface area contributed by atoms with E-state index in [0.29, 0.717) is 0 Å². The minimum atomic E-state index is -2.94. The molecular weight excluding hydrogens is 192 g/mol. The summed E-state index contributed by atoms with van der Waals surface area (Å²) in [5, 5.41) is 10.9. The van der Waals surface area contributed by atoms with E-state index in [1.165, 1.54) is 0 Å². The van der Waals surface area contributed by atoms with Gasteiger partial charge in [0, 0.05) is 23.5 Å². The van der Waals surface area contributed by atoms with E-state index in [-0.39, 0.29) is 17.3 Å². The van der Waals surface area contributed by atoms with Crippen LogP contribution in [0.25, 0.3) is 0 Å². The molecule has 0 saturated heterocycles. The Kier molecular flexibility index (Phi) is 5.88. The maximum absolute atomic E-state index is 10.8. The molecular formula is C4H10O5S2. The highest BCUT2D eigenvalue weighted by Crippen LogP contribution is 2.03. The van der Waals surface area contributed by atoms with Crippen LogP contribution in [0.4, 0.5) is 0 Å². The highest BCUT2D eigenvalue weighted by molar-refractivity contribution is 7.97. The van der Waals surface area contributed by atoms with Crippen molar-refractivity contribution < 1.29 is 23.0 Å². The first-order valence-corrected chi connectivity index (χ1v) is 5.65. The summed E-state index contributed by atoms with van der Waals surface area (Å²) in [5.74, 6) is 0.391. The summed E-state index contributed by atoms with van der Waals surface area (Å²) in [6.45, 7) is 1.57. The fraction of sp³-hybridized carbons (Fsp3) is 1.00. The molecule has 0 aliphatic rings. The van der Waals surface area contributed by atoms with Gasteiger partial charge >= 0.3 is 0 Å². The molecule has 0 radical (unpaired) electrons. The van der Waals surface area contributed by atoms with Crippen LogP contribution in [0.3, 0.4) is 0 Å². The minimum Gasteiger partial charge on any atom is -0.229 e. The fourth-order valence-electron chi connectivity index (χ4n) is 0.361. The predicted octanol–water partition coefficient (Wildman–Crippen LogP) is 0.491. The van der Waals surface area contributed by atoms with Crippen LogP contribution in [0.5, 0.6) is 0 Å². The van der Waals surface area contributed by atoms with E-state index in [0.717, 1.165) is 12.0 Å². The zero-order chi connectivity index (χ0) is 8.74. The third kappa shape index (κ3) is 6.57. The molecule has 0 aliphatic heterocycles. The highest BCUT2D eigenvalue weighted by atomic mass is 32.2. The summed E-state index contributed by atoms with van der Waals surface area (Å²) in [6.07, 6.45) is 0. The van der Waals surface area contributed by atoms with Gasteiger partial charge in [0.1, 0.15) is 0 Å². The third-order valence-corrected chi connectivity index (χ3v) is 3.49.